The van der Waals surface area contributed by atoms with Crippen LogP contribution in [0.1, 0.15) is 6.92 Å². The molecule has 1 atom stereocenters. The van der Waals surface area contributed by atoms with E-state index in [2.05, 4.69) is 9.46 Å². The van der Waals surface area contributed by atoms with Crippen molar-refractivity contribution in [2.24, 2.45) is 0 Å². The first kappa shape index (κ1) is 13.3. The molecule has 6 nitrogen and oxygen atoms in total. The van der Waals surface area contributed by atoms with E-state index in [4.69, 9.17) is 5.73 Å². The molecule has 3 N–H and O–H groups in total. The highest BCUT2D eigenvalue weighted by atomic mass is 32.2. The van der Waals surface area contributed by atoms with Gasteiger partial charge in [-0.15, -0.1) is 0 Å². The summed E-state index contributed by atoms with van der Waals surface area (Å²) in [5.74, 6) is -0.812. The van der Waals surface area contributed by atoms with Gasteiger partial charge in [0.1, 0.15) is 0 Å². The van der Waals surface area contributed by atoms with Crippen molar-refractivity contribution in [2.75, 3.05) is 17.6 Å². The molecule has 17 heavy (non-hydrogen) atoms. The summed E-state index contributed by atoms with van der Waals surface area (Å²) in [7, 11) is -2.67. The number of methoxy groups -OCH3 is 1. The first-order valence-corrected chi connectivity index (χ1v) is 6.36. The molecule has 0 amide bonds. The van der Waals surface area contributed by atoms with Crippen LogP contribution in [-0.2, 0) is 19.6 Å². The molecule has 0 fully saturated rings. The Balaban J connectivity index is 2.86. The summed E-state index contributed by atoms with van der Waals surface area (Å²) in [6.07, 6.45) is 0. The number of hydrogen-bond acceptors (Lipinski definition) is 5. The minimum atomic E-state index is -3.80. The summed E-state index contributed by atoms with van der Waals surface area (Å²) >= 11 is 0. The van der Waals surface area contributed by atoms with Crippen LogP contribution >= 0.6 is 0 Å². The Morgan fingerprint density at radius 2 is 1.88 bits per heavy atom. The van der Waals surface area contributed by atoms with E-state index in [-0.39, 0.29) is 0 Å². The van der Waals surface area contributed by atoms with E-state index in [0.29, 0.717) is 11.4 Å². The van der Waals surface area contributed by atoms with Gasteiger partial charge >= 0.3 is 5.97 Å². The predicted molar refractivity (Wildman–Crippen MR) is 64.9 cm³/mol. The van der Waals surface area contributed by atoms with Crippen LogP contribution in [0, 0.1) is 0 Å². The number of carbonyl (C=O) groups excluding carboxylic acids is 1. The summed E-state index contributed by atoms with van der Waals surface area (Å²) in [5.41, 5.74) is 6.33. The van der Waals surface area contributed by atoms with E-state index in [1.807, 2.05) is 0 Å². The number of benzene rings is 1. The van der Waals surface area contributed by atoms with Gasteiger partial charge in [0.25, 0.3) is 0 Å². The number of esters is 1. The minimum absolute atomic E-state index is 0.343. The highest BCUT2D eigenvalue weighted by molar-refractivity contribution is 7.94. The molecule has 0 spiro atoms. The van der Waals surface area contributed by atoms with E-state index in [1.54, 1.807) is 12.1 Å². The number of anilines is 2. The van der Waals surface area contributed by atoms with Crippen LogP contribution in [0.5, 0.6) is 0 Å². The van der Waals surface area contributed by atoms with Crippen molar-refractivity contribution in [2.45, 2.75) is 12.2 Å². The van der Waals surface area contributed by atoms with Gasteiger partial charge < -0.3 is 10.5 Å². The van der Waals surface area contributed by atoms with Gasteiger partial charge in [-0.25, -0.2) is 8.42 Å². The number of rotatable bonds is 4. The molecule has 0 aromatic heterocycles. The standard InChI is InChI=1S/C10H14N2O4S/c1-7(10(13)16-2)17(14,15)12-9-5-3-8(11)4-6-9/h3-7,12H,11H2,1-2H3. The second kappa shape index (κ2) is 5.05. The number of nitrogens with two attached hydrogens (primary N) is 1. The van der Waals surface area contributed by atoms with Crippen molar-refractivity contribution in [1.29, 1.82) is 0 Å². The fraction of sp³-hybridized carbons (Fsp3) is 0.300. The molecule has 0 aliphatic rings. The van der Waals surface area contributed by atoms with Crippen LogP contribution in [0.15, 0.2) is 24.3 Å². The van der Waals surface area contributed by atoms with Crippen LogP contribution in [-0.4, -0.2) is 26.7 Å². The fourth-order valence-electron chi connectivity index (χ4n) is 1.10. The smallest absolute Gasteiger partial charge is 0.325 e. The number of nitrogens with one attached hydrogen (secondary N) is 1. The SMILES string of the molecule is COC(=O)C(C)S(=O)(=O)Nc1ccc(N)cc1. The van der Waals surface area contributed by atoms with Gasteiger partial charge in [0, 0.05) is 11.4 Å². The highest BCUT2D eigenvalue weighted by Crippen LogP contribution is 2.14. The van der Waals surface area contributed by atoms with Crippen LogP contribution in [0.2, 0.25) is 0 Å². The van der Waals surface area contributed by atoms with Gasteiger partial charge in [0.2, 0.25) is 10.0 Å². The van der Waals surface area contributed by atoms with Crippen LogP contribution < -0.4 is 10.5 Å². The maximum atomic E-state index is 11.7. The molecule has 7 heteroatoms. The van der Waals surface area contributed by atoms with Gasteiger partial charge in [-0.3, -0.25) is 9.52 Å². The lowest BCUT2D eigenvalue weighted by molar-refractivity contribution is -0.139. The maximum absolute atomic E-state index is 11.7. The molecule has 1 aromatic rings. The monoisotopic (exact) mass is 258 g/mol. The lowest BCUT2D eigenvalue weighted by Gasteiger charge is -2.12. The zero-order valence-corrected chi connectivity index (χ0v) is 10.3. The lowest BCUT2D eigenvalue weighted by Crippen LogP contribution is -2.33. The van der Waals surface area contributed by atoms with E-state index < -0.39 is 21.2 Å². The van der Waals surface area contributed by atoms with Crippen molar-refractivity contribution in [1.82, 2.24) is 0 Å². The second-order valence-electron chi connectivity index (χ2n) is 3.43. The van der Waals surface area contributed by atoms with Crippen molar-refractivity contribution in [3.05, 3.63) is 24.3 Å². The number of carbonyl (C=O) groups is 1. The van der Waals surface area contributed by atoms with Crippen LogP contribution in [0.3, 0.4) is 0 Å². The second-order valence-corrected chi connectivity index (χ2v) is 5.44. The summed E-state index contributed by atoms with van der Waals surface area (Å²) in [4.78, 5) is 11.1. The molecule has 0 bridgehead atoms. The average molecular weight is 258 g/mol. The van der Waals surface area contributed by atoms with Gasteiger partial charge in [0.05, 0.1) is 7.11 Å². The first-order chi connectivity index (χ1) is 7.86. The third kappa shape index (κ3) is 3.35. The highest BCUT2D eigenvalue weighted by Gasteiger charge is 2.28. The molecule has 0 aliphatic heterocycles. The Labute approximate surface area is 99.8 Å². The molecule has 0 aliphatic carbocycles. The molecule has 1 aromatic carbocycles. The molecule has 0 saturated carbocycles. The largest absolute Gasteiger partial charge is 0.468 e. The first-order valence-electron chi connectivity index (χ1n) is 4.82. The maximum Gasteiger partial charge on any atom is 0.325 e. The molecule has 0 radical (unpaired) electrons. The summed E-state index contributed by atoms with van der Waals surface area (Å²) < 4.78 is 30.1. The van der Waals surface area contributed by atoms with Crippen molar-refractivity contribution < 1.29 is 17.9 Å². The summed E-state index contributed by atoms with van der Waals surface area (Å²) in [6, 6.07) is 6.13. The number of ether oxygens (including phenoxy) is 1. The zero-order chi connectivity index (χ0) is 13.1. The topological polar surface area (TPSA) is 98.5 Å². The van der Waals surface area contributed by atoms with Gasteiger partial charge in [0.15, 0.2) is 5.25 Å². The summed E-state index contributed by atoms with van der Waals surface area (Å²) in [6.45, 7) is 1.26. The van der Waals surface area contributed by atoms with E-state index in [1.165, 1.54) is 19.1 Å². The molecule has 1 unspecified atom stereocenters. The number of hydrogen-bond donors (Lipinski definition) is 2. The molecule has 94 valence electrons. The Morgan fingerprint density at radius 3 is 2.35 bits per heavy atom. The van der Waals surface area contributed by atoms with E-state index >= 15 is 0 Å². The molecule has 1 rings (SSSR count). The molecular weight excluding hydrogens is 244 g/mol. The molecule has 0 heterocycles. The van der Waals surface area contributed by atoms with Gasteiger partial charge in [-0.2, -0.15) is 0 Å². The Hall–Kier alpha value is -1.76. The average Bonchev–Trinajstić information content (AvgIpc) is 2.30. The van der Waals surface area contributed by atoms with E-state index in [9.17, 15) is 13.2 Å². The lowest BCUT2D eigenvalue weighted by atomic mass is 10.3. The number of nitrogen functional groups attached to an aromatic ring is 1. The molecular formula is C10H14N2O4S. The quantitative estimate of drug-likeness (QED) is 0.607. The Bertz CT molecular complexity index is 496. The normalized spacial score (nSPS) is 12.8. The minimum Gasteiger partial charge on any atom is -0.468 e. The van der Waals surface area contributed by atoms with Crippen LogP contribution in [0.25, 0.3) is 0 Å². The van der Waals surface area contributed by atoms with Crippen molar-refractivity contribution in [3.8, 4) is 0 Å². The van der Waals surface area contributed by atoms with Crippen molar-refractivity contribution in [3.63, 3.8) is 0 Å². The number of sulfonamides is 1. The molecule has 0 saturated heterocycles. The summed E-state index contributed by atoms with van der Waals surface area (Å²) in [5, 5.41) is -1.27. The van der Waals surface area contributed by atoms with E-state index in [0.717, 1.165) is 7.11 Å². The Morgan fingerprint density at radius 1 is 1.35 bits per heavy atom. The predicted octanol–water partition coefficient (Wildman–Crippen LogP) is 0.572. The Kier molecular flexibility index (Phi) is 3.95. The van der Waals surface area contributed by atoms with Crippen LogP contribution in [0.4, 0.5) is 11.4 Å². The van der Waals surface area contributed by atoms with Gasteiger partial charge in [-0.1, -0.05) is 0 Å². The third-order valence-electron chi connectivity index (χ3n) is 2.17. The fourth-order valence-corrected chi connectivity index (χ4v) is 2.09. The zero-order valence-electron chi connectivity index (χ0n) is 9.51. The van der Waals surface area contributed by atoms with Gasteiger partial charge in [-0.05, 0) is 31.2 Å². The third-order valence-corrected chi connectivity index (χ3v) is 3.81. The van der Waals surface area contributed by atoms with Crippen molar-refractivity contribution >= 4 is 27.4 Å².